The van der Waals surface area contributed by atoms with E-state index in [0.29, 0.717) is 11.8 Å². The van der Waals surface area contributed by atoms with Gasteiger partial charge in [-0.15, -0.1) is 0 Å². The van der Waals surface area contributed by atoms with E-state index in [1.54, 1.807) is 12.5 Å². The van der Waals surface area contributed by atoms with Crippen LogP contribution in [-0.2, 0) is 20.8 Å². The Morgan fingerprint density at radius 2 is 0.957 bits per heavy atom. The van der Waals surface area contributed by atoms with Crippen LogP contribution < -0.4 is 0 Å². The molecule has 0 fully saturated rings. The van der Waals surface area contributed by atoms with Crippen molar-refractivity contribution in [1.82, 2.24) is 0 Å². The molecule has 0 saturated carbocycles. The molecule has 2 atom stereocenters. The van der Waals surface area contributed by atoms with Gasteiger partial charge in [0.05, 0.1) is 12.5 Å². The fraction of sp³-hybridized carbons (Fsp3) is 0.100. The zero-order chi connectivity index (χ0) is 31.3. The minimum absolute atomic E-state index is 0.351. The molecule has 0 N–H and O–H groups in total. The maximum absolute atomic E-state index is 6.00. The maximum atomic E-state index is 6.00. The van der Waals surface area contributed by atoms with Crippen molar-refractivity contribution >= 4 is 49.8 Å². The number of hydrogen-bond donors (Lipinski definition) is 0. The Bertz CT molecular complexity index is 1820. The fourth-order valence-corrected chi connectivity index (χ4v) is 9.50. The zero-order valence-corrected chi connectivity index (χ0v) is 30.6. The summed E-state index contributed by atoms with van der Waals surface area (Å²) in [5.41, 5.74) is 13.3. The summed E-state index contributed by atoms with van der Waals surface area (Å²) in [4.78, 5) is 0. The zero-order valence-electron chi connectivity index (χ0n) is 25.2. The number of rotatable bonds is 8. The van der Waals surface area contributed by atoms with Crippen LogP contribution in [0.25, 0.3) is 45.6 Å². The number of halogens is 2. The Morgan fingerprint density at radius 1 is 0.522 bits per heavy atom. The Balaban J connectivity index is 0.00000109. The molecule has 0 spiro atoms. The molecule has 0 aliphatic heterocycles. The van der Waals surface area contributed by atoms with Gasteiger partial charge >= 0.3 is 37.9 Å². The van der Waals surface area contributed by atoms with Crippen LogP contribution in [0.15, 0.2) is 143 Å². The third kappa shape index (κ3) is 6.29. The summed E-state index contributed by atoms with van der Waals surface area (Å²) in [5, 5.41) is 0. The van der Waals surface area contributed by atoms with Gasteiger partial charge in [-0.2, -0.15) is 0 Å². The molecule has 8 rings (SSSR count). The number of hydrogen-bond acceptors (Lipinski definition) is 2. The van der Waals surface area contributed by atoms with Crippen molar-refractivity contribution in [2.75, 3.05) is 0 Å². The molecule has 226 valence electrons. The van der Waals surface area contributed by atoms with Gasteiger partial charge in [-0.3, -0.25) is 0 Å². The first-order valence-corrected chi connectivity index (χ1v) is 23.9. The Kier molecular flexibility index (Phi) is 9.89. The van der Waals surface area contributed by atoms with Crippen molar-refractivity contribution in [1.29, 1.82) is 0 Å². The third-order valence-electron chi connectivity index (χ3n) is 9.15. The summed E-state index contributed by atoms with van der Waals surface area (Å²) >= 11 is -0.826. The van der Waals surface area contributed by atoms with Gasteiger partial charge in [0.2, 0.25) is 0 Å². The van der Waals surface area contributed by atoms with Crippen LogP contribution in [0, 0.1) is 0 Å². The van der Waals surface area contributed by atoms with Gasteiger partial charge < -0.3 is 8.83 Å². The SMILES string of the molecule is C1=C(c2ccco2)C(C[SiH2]CC2C(c3ccco3)=Cc3c(-c4ccccc4)cccc32)c2cccc(-c3ccccc3)c21.[Cl][Zr][Cl]. The van der Waals surface area contributed by atoms with Crippen LogP contribution in [0.5, 0.6) is 0 Å². The number of allylic oxidation sites excluding steroid dienone is 2. The first-order valence-electron chi connectivity index (χ1n) is 15.6. The third-order valence-corrected chi connectivity index (χ3v) is 11.1. The average Bonchev–Trinajstić information content (AvgIpc) is 3.92. The summed E-state index contributed by atoms with van der Waals surface area (Å²) in [6, 6.07) is 45.7. The van der Waals surface area contributed by atoms with Crippen LogP contribution in [0.2, 0.25) is 12.1 Å². The second-order valence-corrected chi connectivity index (χ2v) is 17.2. The standard InChI is InChI=1S/C40H32O2Si.2ClH.Zr/c1-3-11-27(12-4-1)29-15-7-17-31-33(29)23-35(39-19-9-21-41-39)37(31)25-43-26-38-32-18-8-16-30(28-13-5-2-6-14-28)34(32)24-36(38)40-20-10-22-42-40;;;/h1-24,37-38H,25-26,43H2;2*1H;/q;;;+2/p-2. The second kappa shape index (κ2) is 14.6. The molecule has 0 radical (unpaired) electrons. The first-order chi connectivity index (χ1) is 22.8. The van der Waals surface area contributed by atoms with Crippen molar-refractivity contribution in [2.45, 2.75) is 23.9 Å². The van der Waals surface area contributed by atoms with Crippen molar-refractivity contribution in [3.8, 4) is 22.3 Å². The molecule has 0 amide bonds. The summed E-state index contributed by atoms with van der Waals surface area (Å²) in [6.45, 7) is 0. The average molecular weight is 735 g/mol. The molecular formula is C40H32Cl2O2SiZr. The second-order valence-electron chi connectivity index (χ2n) is 11.6. The Hall–Kier alpha value is -3.40. The predicted octanol–water partition coefficient (Wildman–Crippen LogP) is 11.6. The van der Waals surface area contributed by atoms with Gasteiger partial charge in [-0.1, -0.05) is 109 Å². The van der Waals surface area contributed by atoms with Crippen LogP contribution in [0.3, 0.4) is 0 Å². The monoisotopic (exact) mass is 732 g/mol. The molecular weight excluding hydrogens is 703 g/mol. The van der Waals surface area contributed by atoms with E-state index in [-0.39, 0.29) is 0 Å². The van der Waals surface area contributed by atoms with Crippen LogP contribution in [-0.4, -0.2) is 9.52 Å². The van der Waals surface area contributed by atoms with Crippen LogP contribution in [0.1, 0.15) is 45.6 Å². The Morgan fingerprint density at radius 3 is 1.35 bits per heavy atom. The normalized spacial score (nSPS) is 16.4. The van der Waals surface area contributed by atoms with Gasteiger partial charge in [-0.05, 0) is 80.9 Å². The Labute approximate surface area is 291 Å². The van der Waals surface area contributed by atoms with Gasteiger partial charge in [0.25, 0.3) is 0 Å². The van der Waals surface area contributed by atoms with Gasteiger partial charge in [0.1, 0.15) is 11.5 Å². The summed E-state index contributed by atoms with van der Waals surface area (Å²) in [5.74, 6) is 2.68. The number of fused-ring (bicyclic) bond motifs is 2. The van der Waals surface area contributed by atoms with E-state index in [2.05, 4.69) is 121 Å². The van der Waals surface area contributed by atoms with Crippen molar-refractivity contribution in [2.24, 2.45) is 0 Å². The van der Waals surface area contributed by atoms with E-state index >= 15 is 0 Å². The molecule has 6 heteroatoms. The van der Waals surface area contributed by atoms with E-state index in [1.807, 2.05) is 12.1 Å². The molecule has 2 aromatic heterocycles. The van der Waals surface area contributed by atoms with Crippen LogP contribution in [0.4, 0.5) is 0 Å². The summed E-state index contributed by atoms with van der Waals surface area (Å²) in [7, 11) is 9.39. The van der Waals surface area contributed by atoms with E-state index in [1.165, 1.54) is 67.7 Å². The molecule has 2 unspecified atom stereocenters. The first kappa shape index (κ1) is 31.2. The molecule has 2 aliphatic rings. The van der Waals surface area contributed by atoms with Crippen LogP contribution >= 0.6 is 17.0 Å². The van der Waals surface area contributed by atoms with E-state index in [9.17, 15) is 0 Å². The van der Waals surface area contributed by atoms with Crippen molar-refractivity contribution in [3.05, 3.63) is 168 Å². The van der Waals surface area contributed by atoms with Gasteiger partial charge in [0.15, 0.2) is 0 Å². The molecule has 0 saturated heterocycles. The predicted molar refractivity (Wildman–Crippen MR) is 192 cm³/mol. The van der Waals surface area contributed by atoms with E-state index in [4.69, 9.17) is 25.9 Å². The fourth-order valence-electron chi connectivity index (χ4n) is 7.20. The summed E-state index contributed by atoms with van der Waals surface area (Å²) in [6.07, 6.45) is 8.37. The minimum atomic E-state index is -0.826. The number of benzene rings is 4. The topological polar surface area (TPSA) is 26.3 Å². The van der Waals surface area contributed by atoms with E-state index < -0.39 is 30.4 Å². The molecule has 0 bridgehead atoms. The molecule has 2 aliphatic carbocycles. The molecule has 2 heterocycles. The molecule has 46 heavy (non-hydrogen) atoms. The molecule has 6 aromatic rings. The van der Waals surface area contributed by atoms with Gasteiger partial charge in [-0.25, -0.2) is 0 Å². The van der Waals surface area contributed by atoms with Crippen molar-refractivity contribution < 1.29 is 29.7 Å². The quantitative estimate of drug-likeness (QED) is 0.146. The van der Waals surface area contributed by atoms with E-state index in [0.717, 1.165) is 11.5 Å². The molecule has 2 nitrogen and oxygen atoms in total. The molecule has 4 aromatic carbocycles. The number of furan rings is 2. The van der Waals surface area contributed by atoms with Crippen molar-refractivity contribution in [3.63, 3.8) is 0 Å². The summed E-state index contributed by atoms with van der Waals surface area (Å²) < 4.78 is 12.0. The van der Waals surface area contributed by atoms with Gasteiger partial charge in [0, 0.05) is 32.5 Å².